The highest BCUT2D eigenvalue weighted by Crippen LogP contribution is 2.24. The second kappa shape index (κ2) is 10.9. The predicted molar refractivity (Wildman–Crippen MR) is 137 cm³/mol. The number of hydrogen-bond acceptors (Lipinski definition) is 3. The third-order valence-corrected chi connectivity index (χ3v) is 5.76. The van der Waals surface area contributed by atoms with Gasteiger partial charge in [-0.15, -0.1) is 0 Å². The Morgan fingerprint density at radius 1 is 1.00 bits per heavy atom. The molecule has 4 aromatic rings. The molecule has 0 unspecified atom stereocenters. The number of fused-ring (bicyclic) bond motifs is 2. The zero-order valence-electron chi connectivity index (χ0n) is 20.2. The third-order valence-electron chi connectivity index (χ3n) is 5.76. The Balaban J connectivity index is 0.00000141. The molecule has 0 saturated carbocycles. The maximum Gasteiger partial charge on any atom is 0.109 e. The Kier molecular flexibility index (Phi) is 7.93. The number of nitrogens with zero attached hydrogens (tertiary/aromatic N) is 4. The summed E-state index contributed by atoms with van der Waals surface area (Å²) in [5.74, 6) is 1.07. The zero-order valence-corrected chi connectivity index (χ0v) is 20.2. The second-order valence-electron chi connectivity index (χ2n) is 7.81. The predicted octanol–water partition coefficient (Wildman–Crippen LogP) is 7.01. The van der Waals surface area contributed by atoms with Crippen LogP contribution in [0.4, 0.5) is 0 Å². The van der Waals surface area contributed by atoms with Gasteiger partial charge in [0.1, 0.15) is 5.82 Å². The molecule has 0 atom stereocenters. The Morgan fingerprint density at radius 2 is 1.75 bits per heavy atom. The Hall–Kier alpha value is -3.27. The standard InChI is InChI=1S/C26H28N4.C2H6/c1-5-18(2)9-8-10-20-13-15-24-26(19(20)3)29-25(30(24)4)16-14-21-17-27-22-11-6-7-12-23(22)28-21;1-2/h6-13,15,17H,5,14,16H2,1-4H3;1-2H3/b10-8-,18-9?;. The zero-order chi connectivity index (χ0) is 23.1. The molecule has 4 heteroatoms. The van der Waals surface area contributed by atoms with Crippen LogP contribution >= 0.6 is 0 Å². The highest BCUT2D eigenvalue weighted by Gasteiger charge is 2.12. The largest absolute Gasteiger partial charge is 0.331 e. The number of benzene rings is 2. The van der Waals surface area contributed by atoms with E-state index in [0.717, 1.165) is 47.3 Å². The number of para-hydroxylation sites is 2. The van der Waals surface area contributed by atoms with Crippen molar-refractivity contribution in [3.63, 3.8) is 0 Å². The summed E-state index contributed by atoms with van der Waals surface area (Å²) >= 11 is 0. The molecule has 32 heavy (non-hydrogen) atoms. The molecule has 0 amide bonds. The summed E-state index contributed by atoms with van der Waals surface area (Å²) in [4.78, 5) is 14.3. The van der Waals surface area contributed by atoms with Crippen molar-refractivity contribution in [3.05, 3.63) is 83.0 Å². The van der Waals surface area contributed by atoms with E-state index in [4.69, 9.17) is 9.97 Å². The summed E-state index contributed by atoms with van der Waals surface area (Å²) in [6.45, 7) is 10.5. The number of hydrogen-bond donors (Lipinski definition) is 0. The lowest BCUT2D eigenvalue weighted by atomic mass is 10.1. The van der Waals surface area contributed by atoms with Gasteiger partial charge >= 0.3 is 0 Å². The van der Waals surface area contributed by atoms with Crippen molar-refractivity contribution in [2.75, 3.05) is 0 Å². The lowest BCUT2D eigenvalue weighted by Crippen LogP contribution is -2.02. The Bertz CT molecular complexity index is 1260. The van der Waals surface area contributed by atoms with E-state index >= 15 is 0 Å². The highest BCUT2D eigenvalue weighted by atomic mass is 15.1. The van der Waals surface area contributed by atoms with Crippen molar-refractivity contribution in [2.45, 2.75) is 53.9 Å². The van der Waals surface area contributed by atoms with E-state index in [0.29, 0.717) is 0 Å². The molecule has 4 nitrogen and oxygen atoms in total. The fourth-order valence-electron chi connectivity index (χ4n) is 3.65. The first kappa shape index (κ1) is 23.4. The number of aromatic nitrogens is 4. The van der Waals surface area contributed by atoms with Gasteiger partial charge in [0, 0.05) is 19.7 Å². The van der Waals surface area contributed by atoms with Crippen LogP contribution in [0, 0.1) is 6.92 Å². The van der Waals surface area contributed by atoms with Crippen molar-refractivity contribution in [2.24, 2.45) is 7.05 Å². The van der Waals surface area contributed by atoms with E-state index in [1.165, 1.54) is 22.2 Å². The number of aryl methyl sites for hydroxylation is 4. The van der Waals surface area contributed by atoms with Gasteiger partial charge < -0.3 is 4.57 Å². The lowest BCUT2D eigenvalue weighted by molar-refractivity contribution is 0.775. The summed E-state index contributed by atoms with van der Waals surface area (Å²) in [6.07, 6.45) is 11.1. The first-order valence-corrected chi connectivity index (χ1v) is 11.6. The summed E-state index contributed by atoms with van der Waals surface area (Å²) in [5.41, 5.74) is 8.94. The monoisotopic (exact) mass is 426 g/mol. The second-order valence-corrected chi connectivity index (χ2v) is 7.81. The Labute approximate surface area is 191 Å². The molecule has 0 aliphatic heterocycles. The topological polar surface area (TPSA) is 43.6 Å². The van der Waals surface area contributed by atoms with Crippen molar-refractivity contribution >= 4 is 28.1 Å². The van der Waals surface area contributed by atoms with Gasteiger partial charge in [-0.05, 0) is 56.0 Å². The minimum absolute atomic E-state index is 0.821. The van der Waals surface area contributed by atoms with Crippen LogP contribution in [0.2, 0.25) is 0 Å². The average Bonchev–Trinajstić information content (AvgIpc) is 3.16. The van der Waals surface area contributed by atoms with E-state index in [9.17, 15) is 0 Å². The molecule has 2 aromatic carbocycles. The minimum atomic E-state index is 0.821. The van der Waals surface area contributed by atoms with Gasteiger partial charge in [0.25, 0.3) is 0 Å². The minimum Gasteiger partial charge on any atom is -0.331 e. The fraction of sp³-hybridized carbons (Fsp3) is 0.321. The van der Waals surface area contributed by atoms with Crippen LogP contribution in [0.3, 0.4) is 0 Å². The molecule has 0 spiro atoms. The molecular formula is C28H34N4. The quantitative estimate of drug-likeness (QED) is 0.312. The van der Waals surface area contributed by atoms with Crippen LogP contribution in [-0.2, 0) is 19.9 Å². The summed E-state index contributed by atoms with van der Waals surface area (Å²) in [7, 11) is 2.10. The third kappa shape index (κ3) is 5.13. The molecule has 4 rings (SSSR count). The van der Waals surface area contributed by atoms with Crippen LogP contribution in [0.15, 0.2) is 60.3 Å². The molecule has 0 radical (unpaired) electrons. The molecule has 2 aromatic heterocycles. The molecule has 0 saturated heterocycles. The molecule has 0 fully saturated rings. The molecule has 166 valence electrons. The van der Waals surface area contributed by atoms with Crippen molar-refractivity contribution in [1.82, 2.24) is 19.5 Å². The van der Waals surface area contributed by atoms with Gasteiger partial charge in [-0.2, -0.15) is 0 Å². The maximum absolute atomic E-state index is 4.97. The number of allylic oxidation sites excluding steroid dienone is 3. The SMILES string of the molecule is CC.CCC(C)=C/C=C\c1ccc2c(nc(CCc3cnc4ccccc4n3)n2C)c1C. The van der Waals surface area contributed by atoms with Crippen molar-refractivity contribution in [1.29, 1.82) is 0 Å². The van der Waals surface area contributed by atoms with E-state index < -0.39 is 0 Å². The average molecular weight is 427 g/mol. The summed E-state index contributed by atoms with van der Waals surface area (Å²) in [5, 5.41) is 0. The van der Waals surface area contributed by atoms with Gasteiger partial charge in [0.15, 0.2) is 0 Å². The molecule has 0 N–H and O–H groups in total. The molecule has 0 aliphatic carbocycles. The Morgan fingerprint density at radius 3 is 2.50 bits per heavy atom. The first-order valence-electron chi connectivity index (χ1n) is 11.6. The molecule has 0 bridgehead atoms. The first-order chi connectivity index (χ1) is 15.6. The highest BCUT2D eigenvalue weighted by molar-refractivity contribution is 5.83. The summed E-state index contributed by atoms with van der Waals surface area (Å²) in [6, 6.07) is 12.3. The van der Waals surface area contributed by atoms with Crippen molar-refractivity contribution in [3.8, 4) is 0 Å². The van der Waals surface area contributed by atoms with E-state index in [1.807, 2.05) is 44.3 Å². The normalized spacial score (nSPS) is 11.9. The molecule has 0 aliphatic rings. The van der Waals surface area contributed by atoms with Crippen molar-refractivity contribution < 1.29 is 0 Å². The summed E-state index contributed by atoms with van der Waals surface area (Å²) < 4.78 is 2.20. The van der Waals surface area contributed by atoms with Crippen LogP contribution < -0.4 is 0 Å². The van der Waals surface area contributed by atoms with Crippen LogP contribution in [0.1, 0.15) is 56.8 Å². The number of imidazole rings is 1. The fourth-order valence-corrected chi connectivity index (χ4v) is 3.65. The smallest absolute Gasteiger partial charge is 0.109 e. The maximum atomic E-state index is 4.97. The van der Waals surface area contributed by atoms with E-state index in [2.05, 4.69) is 67.7 Å². The van der Waals surface area contributed by atoms with Gasteiger partial charge in [0.2, 0.25) is 0 Å². The number of rotatable bonds is 6. The molecular weight excluding hydrogens is 392 g/mol. The van der Waals surface area contributed by atoms with Gasteiger partial charge in [-0.25, -0.2) is 9.97 Å². The van der Waals surface area contributed by atoms with Crippen LogP contribution in [0.5, 0.6) is 0 Å². The lowest BCUT2D eigenvalue weighted by Gasteiger charge is -2.04. The van der Waals surface area contributed by atoms with Crippen LogP contribution in [0.25, 0.3) is 28.1 Å². The van der Waals surface area contributed by atoms with E-state index in [1.54, 1.807) is 0 Å². The van der Waals surface area contributed by atoms with Gasteiger partial charge in [0.05, 0.1) is 27.8 Å². The van der Waals surface area contributed by atoms with E-state index in [-0.39, 0.29) is 0 Å². The van der Waals surface area contributed by atoms with Crippen LogP contribution in [-0.4, -0.2) is 19.5 Å². The van der Waals surface area contributed by atoms with Gasteiger partial charge in [-0.3, -0.25) is 4.98 Å². The van der Waals surface area contributed by atoms with Gasteiger partial charge in [-0.1, -0.05) is 62.8 Å². The molecule has 2 heterocycles.